The number of rotatable bonds is 4. The predicted molar refractivity (Wildman–Crippen MR) is 90.0 cm³/mol. The minimum Gasteiger partial charge on any atom is -0.423 e. The van der Waals surface area contributed by atoms with Crippen LogP contribution in [0, 0.1) is 0 Å². The Labute approximate surface area is 149 Å². The summed E-state index contributed by atoms with van der Waals surface area (Å²) in [4.78, 5) is 25.4. The highest BCUT2D eigenvalue weighted by molar-refractivity contribution is 6.60. The predicted octanol–water partition coefficient (Wildman–Crippen LogP) is -1.46. The molecule has 1 aromatic carbocycles. The van der Waals surface area contributed by atoms with Gasteiger partial charge in [-0.1, -0.05) is 6.07 Å². The zero-order chi connectivity index (χ0) is 18.3. The summed E-state index contributed by atoms with van der Waals surface area (Å²) in [6.45, 7) is 2.86. The van der Waals surface area contributed by atoms with Gasteiger partial charge in [0.25, 0.3) is 5.91 Å². The topological polar surface area (TPSA) is 118 Å². The molecular weight excluding hydrogens is 339 g/mol. The number of benzene rings is 1. The Kier molecular flexibility index (Phi) is 4.31. The van der Waals surface area contributed by atoms with Gasteiger partial charge in [0.05, 0.1) is 12.5 Å². The van der Waals surface area contributed by atoms with Crippen LogP contribution in [-0.2, 0) is 17.9 Å². The second kappa shape index (κ2) is 6.63. The van der Waals surface area contributed by atoms with E-state index in [9.17, 15) is 19.6 Å². The molecule has 0 unspecified atom stereocenters. The van der Waals surface area contributed by atoms with Crippen LogP contribution in [0.1, 0.15) is 38.3 Å². The fraction of sp³-hybridized carbons (Fsp3) is 0.375. The Bertz CT molecular complexity index is 862. The van der Waals surface area contributed by atoms with E-state index in [1.807, 2.05) is 0 Å². The van der Waals surface area contributed by atoms with Gasteiger partial charge in [0.2, 0.25) is 0 Å². The van der Waals surface area contributed by atoms with Gasteiger partial charge >= 0.3 is 7.12 Å². The second-order valence-corrected chi connectivity index (χ2v) is 6.42. The normalized spacial score (nSPS) is 16.8. The van der Waals surface area contributed by atoms with Crippen molar-refractivity contribution in [3.8, 4) is 0 Å². The third kappa shape index (κ3) is 2.81. The van der Waals surface area contributed by atoms with Crippen LogP contribution < -0.4 is 5.46 Å². The molecule has 0 saturated carbocycles. The SMILES string of the molecule is O=Cc1cc(C(=O)N2CC(c3nnc4n3CCOC4)C2)ccc1B(O)O. The maximum Gasteiger partial charge on any atom is 0.489 e. The van der Waals surface area contributed by atoms with E-state index < -0.39 is 7.12 Å². The Balaban J connectivity index is 1.47. The highest BCUT2D eigenvalue weighted by Gasteiger charge is 2.36. The van der Waals surface area contributed by atoms with Crippen molar-refractivity contribution in [2.24, 2.45) is 0 Å². The van der Waals surface area contributed by atoms with Gasteiger partial charge in [-0.25, -0.2) is 0 Å². The summed E-state index contributed by atoms with van der Waals surface area (Å²) in [5.74, 6) is 1.61. The third-order valence-electron chi connectivity index (χ3n) is 4.82. The molecule has 1 aromatic heterocycles. The molecule has 0 radical (unpaired) electrons. The lowest BCUT2D eigenvalue weighted by Gasteiger charge is -2.39. The monoisotopic (exact) mass is 356 g/mol. The van der Waals surface area contributed by atoms with Crippen LogP contribution in [0.3, 0.4) is 0 Å². The molecule has 0 atom stereocenters. The van der Waals surface area contributed by atoms with E-state index in [0.717, 1.165) is 18.2 Å². The van der Waals surface area contributed by atoms with Crippen molar-refractivity contribution in [1.82, 2.24) is 19.7 Å². The maximum atomic E-state index is 12.6. The van der Waals surface area contributed by atoms with Crippen molar-refractivity contribution < 1.29 is 24.4 Å². The van der Waals surface area contributed by atoms with Gasteiger partial charge in [-0.2, -0.15) is 0 Å². The van der Waals surface area contributed by atoms with Gasteiger partial charge in [-0.05, 0) is 17.6 Å². The molecule has 26 heavy (non-hydrogen) atoms. The molecule has 1 fully saturated rings. The van der Waals surface area contributed by atoms with Crippen LogP contribution in [0.15, 0.2) is 18.2 Å². The summed E-state index contributed by atoms with van der Waals surface area (Å²) in [6.07, 6.45) is 0.509. The number of aromatic nitrogens is 3. The number of hydrogen-bond acceptors (Lipinski definition) is 7. The van der Waals surface area contributed by atoms with Crippen LogP contribution in [0.5, 0.6) is 0 Å². The van der Waals surface area contributed by atoms with Crippen LogP contribution in [-0.4, -0.2) is 68.7 Å². The highest BCUT2D eigenvalue weighted by atomic mass is 16.5. The molecule has 2 aromatic rings. The molecule has 134 valence electrons. The maximum absolute atomic E-state index is 12.6. The third-order valence-corrected chi connectivity index (χ3v) is 4.82. The summed E-state index contributed by atoms with van der Waals surface area (Å²) in [5.41, 5.74) is 0.511. The molecule has 3 heterocycles. The summed E-state index contributed by atoms with van der Waals surface area (Å²) < 4.78 is 7.41. The van der Waals surface area contributed by atoms with E-state index in [1.165, 1.54) is 18.2 Å². The quantitative estimate of drug-likeness (QED) is 0.508. The van der Waals surface area contributed by atoms with Crippen molar-refractivity contribution in [1.29, 1.82) is 0 Å². The number of fused-ring (bicyclic) bond motifs is 1. The fourth-order valence-corrected chi connectivity index (χ4v) is 3.36. The van der Waals surface area contributed by atoms with Gasteiger partial charge in [0, 0.05) is 30.8 Å². The standard InChI is InChI=1S/C16H17BN4O5/c22-8-11-5-10(1-2-13(11)17(24)25)16(23)20-6-12(7-20)15-19-18-14-9-26-4-3-21(14)15/h1-2,5,8,12,24-25H,3-4,6-7,9H2. The summed E-state index contributed by atoms with van der Waals surface area (Å²) in [6, 6.07) is 4.26. The molecule has 2 aliphatic heterocycles. The average Bonchev–Trinajstić information content (AvgIpc) is 3.03. The van der Waals surface area contributed by atoms with E-state index in [1.54, 1.807) is 4.90 Å². The largest absolute Gasteiger partial charge is 0.489 e. The van der Waals surface area contributed by atoms with Crippen LogP contribution >= 0.6 is 0 Å². The Morgan fingerprint density at radius 2 is 2.12 bits per heavy atom. The molecule has 10 heteroatoms. The smallest absolute Gasteiger partial charge is 0.423 e. The van der Waals surface area contributed by atoms with Gasteiger partial charge in [-0.3, -0.25) is 9.59 Å². The number of carbonyl (C=O) groups is 2. The first-order chi connectivity index (χ1) is 12.6. The molecule has 1 amide bonds. The fourth-order valence-electron chi connectivity index (χ4n) is 3.36. The van der Waals surface area contributed by atoms with Crippen molar-refractivity contribution in [3.05, 3.63) is 41.0 Å². The molecular formula is C16H17BN4O5. The van der Waals surface area contributed by atoms with E-state index in [0.29, 0.717) is 38.2 Å². The zero-order valence-electron chi connectivity index (χ0n) is 13.9. The molecule has 2 N–H and O–H groups in total. The van der Waals surface area contributed by atoms with Gasteiger partial charge in [0.1, 0.15) is 18.7 Å². The minimum absolute atomic E-state index is 0.0790. The minimum atomic E-state index is -1.75. The number of carbonyl (C=O) groups excluding carboxylic acids is 2. The number of ether oxygens (including phenoxy) is 1. The molecule has 4 rings (SSSR count). The lowest BCUT2D eigenvalue weighted by Crippen LogP contribution is -2.49. The Morgan fingerprint density at radius 3 is 2.85 bits per heavy atom. The number of amides is 1. The molecule has 2 aliphatic rings. The van der Waals surface area contributed by atoms with Crippen molar-refractivity contribution >= 4 is 24.8 Å². The molecule has 0 spiro atoms. The van der Waals surface area contributed by atoms with E-state index in [4.69, 9.17) is 4.74 Å². The first kappa shape index (κ1) is 16.9. The van der Waals surface area contributed by atoms with Gasteiger partial charge < -0.3 is 24.3 Å². The lowest BCUT2D eigenvalue weighted by molar-refractivity contribution is 0.0569. The number of likely N-dealkylation sites (tertiary alicyclic amines) is 1. The highest BCUT2D eigenvalue weighted by Crippen LogP contribution is 2.28. The molecule has 1 saturated heterocycles. The number of nitrogens with zero attached hydrogens (tertiary/aromatic N) is 4. The first-order valence-electron chi connectivity index (χ1n) is 8.32. The number of aldehydes is 1. The molecule has 9 nitrogen and oxygen atoms in total. The zero-order valence-corrected chi connectivity index (χ0v) is 13.9. The Morgan fingerprint density at radius 1 is 1.31 bits per heavy atom. The van der Waals surface area contributed by atoms with E-state index in [2.05, 4.69) is 14.8 Å². The van der Waals surface area contributed by atoms with E-state index in [-0.39, 0.29) is 22.9 Å². The van der Waals surface area contributed by atoms with Crippen molar-refractivity contribution in [3.63, 3.8) is 0 Å². The van der Waals surface area contributed by atoms with Crippen molar-refractivity contribution in [2.75, 3.05) is 19.7 Å². The molecule has 0 aliphatic carbocycles. The molecule has 0 bridgehead atoms. The average molecular weight is 356 g/mol. The van der Waals surface area contributed by atoms with Gasteiger partial charge in [0.15, 0.2) is 5.82 Å². The summed E-state index contributed by atoms with van der Waals surface area (Å²) in [5, 5.41) is 26.9. The second-order valence-electron chi connectivity index (χ2n) is 6.42. The summed E-state index contributed by atoms with van der Waals surface area (Å²) in [7, 11) is -1.75. The lowest BCUT2D eigenvalue weighted by atomic mass is 9.76. The first-order valence-corrected chi connectivity index (χ1v) is 8.32. The van der Waals surface area contributed by atoms with Crippen LogP contribution in [0.4, 0.5) is 0 Å². The summed E-state index contributed by atoms with van der Waals surface area (Å²) >= 11 is 0. The Hall–Kier alpha value is -2.56. The van der Waals surface area contributed by atoms with E-state index >= 15 is 0 Å². The van der Waals surface area contributed by atoms with Crippen LogP contribution in [0.2, 0.25) is 0 Å². The van der Waals surface area contributed by atoms with Crippen molar-refractivity contribution in [2.45, 2.75) is 19.1 Å². The van der Waals surface area contributed by atoms with Crippen LogP contribution in [0.25, 0.3) is 0 Å². The number of hydrogen-bond donors (Lipinski definition) is 2. The van der Waals surface area contributed by atoms with Gasteiger partial charge in [-0.15, -0.1) is 10.2 Å².